The molecule has 0 aliphatic rings. The molecule has 0 aliphatic heterocycles. The molecule has 2 aromatic rings. The van der Waals surface area contributed by atoms with Crippen LogP contribution >= 0.6 is 45.8 Å². The maximum absolute atomic E-state index is 13.1. The Morgan fingerprint density at radius 2 is 1.81 bits per heavy atom. The summed E-state index contributed by atoms with van der Waals surface area (Å²) in [5, 5.41) is 3.78. The Labute approximate surface area is 207 Å². The largest absolute Gasteiger partial charge is 0.484 e. The molecular formula is C23H27Cl2IN2O3. The zero-order valence-electron chi connectivity index (χ0n) is 17.7. The predicted molar refractivity (Wildman–Crippen MR) is 134 cm³/mol. The highest BCUT2D eigenvalue weighted by Gasteiger charge is 2.29. The van der Waals surface area contributed by atoms with E-state index in [0.717, 1.165) is 22.0 Å². The van der Waals surface area contributed by atoms with Gasteiger partial charge in [-0.1, -0.05) is 49.5 Å². The van der Waals surface area contributed by atoms with Crippen LogP contribution in [0.1, 0.15) is 38.7 Å². The number of amides is 2. The summed E-state index contributed by atoms with van der Waals surface area (Å²) in [5.74, 6) is 0.157. The fourth-order valence-corrected chi connectivity index (χ4v) is 3.70. The number of ether oxygens (including phenoxy) is 1. The number of carbonyl (C=O) groups excluding carboxylic acids is 2. The van der Waals surface area contributed by atoms with Gasteiger partial charge in [0.05, 0.1) is 10.0 Å². The van der Waals surface area contributed by atoms with Gasteiger partial charge in [0, 0.05) is 16.7 Å². The Morgan fingerprint density at radius 1 is 1.10 bits per heavy atom. The summed E-state index contributed by atoms with van der Waals surface area (Å²) >= 11 is 14.4. The van der Waals surface area contributed by atoms with Crippen molar-refractivity contribution in [3.8, 4) is 5.75 Å². The lowest BCUT2D eigenvalue weighted by atomic mass is 10.1. The van der Waals surface area contributed by atoms with Crippen LogP contribution in [-0.4, -0.2) is 35.9 Å². The molecule has 8 heteroatoms. The summed E-state index contributed by atoms with van der Waals surface area (Å²) in [4.78, 5) is 27.5. The second kappa shape index (κ2) is 13.1. The van der Waals surface area contributed by atoms with Crippen LogP contribution in [0.3, 0.4) is 0 Å². The van der Waals surface area contributed by atoms with Gasteiger partial charge in [0.1, 0.15) is 11.8 Å². The minimum atomic E-state index is -0.612. The standard InChI is InChI=1S/C23H27Cl2IN2O3/c1-3-5-12-27-23(30)21(4-2)28(14-16-6-11-19(24)20(25)13-16)22(29)15-31-18-9-7-17(26)8-10-18/h6-11,13,21H,3-5,12,14-15H2,1-2H3,(H,27,30)/t21-/m1/s1. The molecule has 0 spiro atoms. The molecule has 168 valence electrons. The number of hydrogen-bond donors (Lipinski definition) is 1. The Hall–Kier alpha value is -1.51. The number of nitrogens with zero attached hydrogens (tertiary/aromatic N) is 1. The smallest absolute Gasteiger partial charge is 0.261 e. The molecule has 2 aromatic carbocycles. The van der Waals surface area contributed by atoms with E-state index in [9.17, 15) is 9.59 Å². The minimum absolute atomic E-state index is 0.166. The second-order valence-corrected chi connectivity index (χ2v) is 9.14. The van der Waals surface area contributed by atoms with Gasteiger partial charge in [0.25, 0.3) is 5.91 Å². The van der Waals surface area contributed by atoms with Crippen LogP contribution in [0.15, 0.2) is 42.5 Å². The first-order valence-corrected chi connectivity index (χ1v) is 12.1. The van der Waals surface area contributed by atoms with Crippen molar-refractivity contribution in [2.75, 3.05) is 13.2 Å². The summed E-state index contributed by atoms with van der Waals surface area (Å²) in [5.41, 5.74) is 0.789. The Balaban J connectivity index is 2.19. The number of carbonyl (C=O) groups is 2. The molecule has 0 aliphatic carbocycles. The normalized spacial score (nSPS) is 11.6. The molecule has 2 amide bonds. The van der Waals surface area contributed by atoms with E-state index in [1.807, 2.05) is 31.2 Å². The molecule has 0 heterocycles. The zero-order chi connectivity index (χ0) is 22.8. The van der Waals surface area contributed by atoms with Gasteiger partial charge in [-0.3, -0.25) is 9.59 Å². The van der Waals surface area contributed by atoms with Gasteiger partial charge in [-0.15, -0.1) is 0 Å². The minimum Gasteiger partial charge on any atom is -0.484 e. The van der Waals surface area contributed by atoms with Crippen molar-refractivity contribution in [3.63, 3.8) is 0 Å². The maximum Gasteiger partial charge on any atom is 0.261 e. The van der Waals surface area contributed by atoms with Crippen molar-refractivity contribution in [3.05, 3.63) is 61.6 Å². The average molecular weight is 577 g/mol. The molecular weight excluding hydrogens is 550 g/mol. The van der Waals surface area contributed by atoms with E-state index in [4.69, 9.17) is 27.9 Å². The van der Waals surface area contributed by atoms with E-state index in [1.54, 1.807) is 23.1 Å². The molecule has 1 atom stereocenters. The number of halogens is 3. The lowest BCUT2D eigenvalue weighted by Crippen LogP contribution is -2.50. The quantitative estimate of drug-likeness (QED) is 0.276. The van der Waals surface area contributed by atoms with Gasteiger partial charge in [-0.25, -0.2) is 0 Å². The van der Waals surface area contributed by atoms with Gasteiger partial charge in [0.2, 0.25) is 5.91 Å². The summed E-state index contributed by atoms with van der Waals surface area (Å²) in [6.45, 7) is 4.59. The van der Waals surface area contributed by atoms with Gasteiger partial charge in [0.15, 0.2) is 6.61 Å². The molecule has 0 aromatic heterocycles. The van der Waals surface area contributed by atoms with E-state index in [0.29, 0.717) is 28.8 Å². The summed E-state index contributed by atoms with van der Waals surface area (Å²) in [7, 11) is 0. The molecule has 0 radical (unpaired) electrons. The highest BCUT2D eigenvalue weighted by molar-refractivity contribution is 14.1. The fourth-order valence-electron chi connectivity index (χ4n) is 3.02. The summed E-state index contributed by atoms with van der Waals surface area (Å²) in [6, 6.07) is 12.0. The van der Waals surface area contributed by atoms with Crippen molar-refractivity contribution >= 4 is 57.6 Å². The molecule has 0 bridgehead atoms. The third-order valence-corrected chi connectivity index (χ3v) is 6.19. The summed E-state index contributed by atoms with van der Waals surface area (Å²) in [6.07, 6.45) is 2.35. The van der Waals surface area contributed by atoms with Crippen LogP contribution in [-0.2, 0) is 16.1 Å². The lowest BCUT2D eigenvalue weighted by Gasteiger charge is -2.30. The molecule has 2 rings (SSSR count). The van der Waals surface area contributed by atoms with Gasteiger partial charge in [-0.05, 0) is 77.4 Å². The van der Waals surface area contributed by atoms with E-state index in [2.05, 4.69) is 34.8 Å². The molecule has 0 unspecified atom stereocenters. The van der Waals surface area contributed by atoms with E-state index in [-0.39, 0.29) is 25.0 Å². The summed E-state index contributed by atoms with van der Waals surface area (Å²) < 4.78 is 6.76. The Bertz CT molecular complexity index is 878. The second-order valence-electron chi connectivity index (χ2n) is 7.08. The topological polar surface area (TPSA) is 58.6 Å². The number of nitrogens with one attached hydrogen (secondary N) is 1. The molecule has 0 fully saturated rings. The SMILES string of the molecule is CCCCNC(=O)[C@@H](CC)N(Cc1ccc(Cl)c(Cl)c1)C(=O)COc1ccc(I)cc1. The third-order valence-electron chi connectivity index (χ3n) is 4.73. The molecule has 1 N–H and O–H groups in total. The Kier molecular flexibility index (Phi) is 10.9. The lowest BCUT2D eigenvalue weighted by molar-refractivity contribution is -0.143. The monoisotopic (exact) mass is 576 g/mol. The van der Waals surface area contributed by atoms with Crippen LogP contribution in [0.4, 0.5) is 0 Å². The highest BCUT2D eigenvalue weighted by Crippen LogP contribution is 2.24. The number of hydrogen-bond acceptors (Lipinski definition) is 3. The van der Waals surface area contributed by atoms with Crippen LogP contribution in [0, 0.1) is 3.57 Å². The molecule has 0 saturated carbocycles. The van der Waals surface area contributed by atoms with E-state index in [1.165, 1.54) is 0 Å². The molecule has 5 nitrogen and oxygen atoms in total. The molecule has 31 heavy (non-hydrogen) atoms. The van der Waals surface area contributed by atoms with Crippen LogP contribution < -0.4 is 10.1 Å². The van der Waals surface area contributed by atoms with Crippen molar-refractivity contribution < 1.29 is 14.3 Å². The maximum atomic E-state index is 13.1. The van der Waals surface area contributed by atoms with Crippen LogP contribution in [0.2, 0.25) is 10.0 Å². The highest BCUT2D eigenvalue weighted by atomic mass is 127. The first-order valence-electron chi connectivity index (χ1n) is 10.2. The van der Waals surface area contributed by atoms with Gasteiger partial charge >= 0.3 is 0 Å². The first-order chi connectivity index (χ1) is 14.8. The first kappa shape index (κ1) is 25.7. The number of benzene rings is 2. The van der Waals surface area contributed by atoms with Crippen molar-refractivity contribution in [2.45, 2.75) is 45.7 Å². The van der Waals surface area contributed by atoms with E-state index >= 15 is 0 Å². The fraction of sp³-hybridized carbons (Fsp3) is 0.391. The number of rotatable bonds is 11. The van der Waals surface area contributed by atoms with Crippen LogP contribution in [0.25, 0.3) is 0 Å². The van der Waals surface area contributed by atoms with Crippen molar-refractivity contribution in [1.29, 1.82) is 0 Å². The zero-order valence-corrected chi connectivity index (χ0v) is 21.3. The van der Waals surface area contributed by atoms with Crippen molar-refractivity contribution in [2.24, 2.45) is 0 Å². The van der Waals surface area contributed by atoms with Crippen LogP contribution in [0.5, 0.6) is 5.75 Å². The van der Waals surface area contributed by atoms with Gasteiger partial charge < -0.3 is 15.0 Å². The third kappa shape index (κ3) is 8.16. The van der Waals surface area contributed by atoms with E-state index < -0.39 is 6.04 Å². The van der Waals surface area contributed by atoms with Gasteiger partial charge in [-0.2, -0.15) is 0 Å². The Morgan fingerprint density at radius 3 is 2.42 bits per heavy atom. The molecule has 0 saturated heterocycles. The predicted octanol–water partition coefficient (Wildman–Crippen LogP) is 5.70. The van der Waals surface area contributed by atoms with Crippen molar-refractivity contribution in [1.82, 2.24) is 10.2 Å². The average Bonchev–Trinajstić information content (AvgIpc) is 2.75. The number of unbranched alkanes of at least 4 members (excludes halogenated alkanes) is 1.